The first-order chi connectivity index (χ1) is 9.16. The average molecular weight is 262 g/mol. The molecule has 0 saturated carbocycles. The summed E-state index contributed by atoms with van der Waals surface area (Å²) in [6, 6.07) is 7.45. The second kappa shape index (κ2) is 6.22. The first-order valence-electron chi connectivity index (χ1n) is 6.52. The Morgan fingerprint density at radius 1 is 1.16 bits per heavy atom. The summed E-state index contributed by atoms with van der Waals surface area (Å²) < 4.78 is 0. The molecule has 0 aliphatic carbocycles. The summed E-state index contributed by atoms with van der Waals surface area (Å²) in [4.78, 5) is 24.4. The minimum Gasteiger partial charge on any atom is -0.481 e. The summed E-state index contributed by atoms with van der Waals surface area (Å²) in [5, 5.41) is 11.1. The third-order valence-corrected chi connectivity index (χ3v) is 3.23. The lowest BCUT2D eigenvalue weighted by molar-refractivity contribution is -0.136. The number of carbonyl (C=O) groups excluding carboxylic acids is 1. The second-order valence-electron chi connectivity index (χ2n) is 4.64. The molecule has 0 aromatic heterocycles. The standard InChI is InChI=1S/C14H18N2O3/c17-13(18)7-8-15-14(19)11-3-5-12(6-4-11)16-9-1-2-10-16/h3-6H,1-2,7-10H2,(H,15,19)(H,17,18). The van der Waals surface area contributed by atoms with E-state index < -0.39 is 5.97 Å². The van der Waals surface area contributed by atoms with Gasteiger partial charge in [-0.25, -0.2) is 0 Å². The molecule has 0 atom stereocenters. The maximum Gasteiger partial charge on any atom is 0.305 e. The van der Waals surface area contributed by atoms with Gasteiger partial charge in [0.2, 0.25) is 0 Å². The fourth-order valence-electron chi connectivity index (χ4n) is 2.18. The molecular weight excluding hydrogens is 244 g/mol. The molecule has 1 saturated heterocycles. The van der Waals surface area contributed by atoms with Crippen LogP contribution < -0.4 is 10.2 Å². The van der Waals surface area contributed by atoms with Crippen LogP contribution >= 0.6 is 0 Å². The van der Waals surface area contributed by atoms with Gasteiger partial charge >= 0.3 is 5.97 Å². The zero-order valence-corrected chi connectivity index (χ0v) is 10.8. The molecule has 1 amide bonds. The highest BCUT2D eigenvalue weighted by Gasteiger charge is 2.13. The Balaban J connectivity index is 1.90. The molecule has 0 bridgehead atoms. The van der Waals surface area contributed by atoms with Crippen LogP contribution in [0, 0.1) is 0 Å². The minimum absolute atomic E-state index is 0.0579. The smallest absolute Gasteiger partial charge is 0.305 e. The Bertz CT molecular complexity index is 450. The van der Waals surface area contributed by atoms with E-state index >= 15 is 0 Å². The fourth-order valence-corrected chi connectivity index (χ4v) is 2.18. The second-order valence-corrected chi connectivity index (χ2v) is 4.64. The summed E-state index contributed by atoms with van der Waals surface area (Å²) in [5.41, 5.74) is 1.70. The zero-order chi connectivity index (χ0) is 13.7. The van der Waals surface area contributed by atoms with E-state index in [1.807, 2.05) is 12.1 Å². The van der Waals surface area contributed by atoms with Crippen molar-refractivity contribution in [3.63, 3.8) is 0 Å². The van der Waals surface area contributed by atoms with Crippen LogP contribution in [-0.2, 0) is 4.79 Å². The maximum absolute atomic E-state index is 11.7. The largest absolute Gasteiger partial charge is 0.481 e. The molecule has 0 unspecified atom stereocenters. The lowest BCUT2D eigenvalue weighted by Crippen LogP contribution is -2.26. The van der Waals surface area contributed by atoms with Gasteiger partial charge in [0.15, 0.2) is 0 Å². The van der Waals surface area contributed by atoms with Gasteiger partial charge in [0, 0.05) is 30.9 Å². The summed E-state index contributed by atoms with van der Waals surface area (Å²) in [6.45, 7) is 2.30. The van der Waals surface area contributed by atoms with Gasteiger partial charge in [0.25, 0.3) is 5.91 Å². The number of hydrogen-bond acceptors (Lipinski definition) is 3. The van der Waals surface area contributed by atoms with Crippen LogP contribution in [0.15, 0.2) is 24.3 Å². The van der Waals surface area contributed by atoms with Crippen molar-refractivity contribution < 1.29 is 14.7 Å². The van der Waals surface area contributed by atoms with Gasteiger partial charge in [0.1, 0.15) is 0 Å². The molecule has 1 aliphatic rings. The van der Waals surface area contributed by atoms with Gasteiger partial charge in [0.05, 0.1) is 6.42 Å². The van der Waals surface area contributed by atoms with Crippen LogP contribution in [0.3, 0.4) is 0 Å². The molecule has 0 radical (unpaired) electrons. The topological polar surface area (TPSA) is 69.6 Å². The summed E-state index contributed by atoms with van der Waals surface area (Å²) in [5.74, 6) is -1.14. The number of nitrogens with zero attached hydrogens (tertiary/aromatic N) is 1. The number of rotatable bonds is 5. The molecule has 1 heterocycles. The number of carbonyl (C=O) groups is 2. The number of carboxylic acid groups (broad SMARTS) is 1. The molecule has 1 aromatic carbocycles. The predicted molar refractivity (Wildman–Crippen MR) is 72.5 cm³/mol. The van der Waals surface area contributed by atoms with E-state index in [4.69, 9.17) is 5.11 Å². The molecule has 5 nitrogen and oxygen atoms in total. The van der Waals surface area contributed by atoms with Crippen LogP contribution in [-0.4, -0.2) is 36.6 Å². The van der Waals surface area contributed by atoms with Gasteiger partial charge in [-0.2, -0.15) is 0 Å². The highest BCUT2D eigenvalue weighted by atomic mass is 16.4. The molecule has 19 heavy (non-hydrogen) atoms. The summed E-state index contributed by atoms with van der Waals surface area (Å²) in [7, 11) is 0. The van der Waals surface area contributed by atoms with Crippen molar-refractivity contribution in [2.75, 3.05) is 24.5 Å². The van der Waals surface area contributed by atoms with Crippen molar-refractivity contribution in [2.24, 2.45) is 0 Å². The van der Waals surface area contributed by atoms with Gasteiger partial charge < -0.3 is 15.3 Å². The maximum atomic E-state index is 11.7. The Morgan fingerprint density at radius 2 is 1.79 bits per heavy atom. The number of hydrogen-bond donors (Lipinski definition) is 2. The molecule has 1 fully saturated rings. The number of aliphatic carboxylic acids is 1. The Hall–Kier alpha value is -2.04. The number of nitrogens with one attached hydrogen (secondary N) is 1. The van der Waals surface area contributed by atoms with Gasteiger partial charge in [-0.1, -0.05) is 0 Å². The van der Waals surface area contributed by atoms with Crippen molar-refractivity contribution in [3.8, 4) is 0 Å². The Labute approximate surface area is 112 Å². The summed E-state index contributed by atoms with van der Waals surface area (Å²) in [6.07, 6.45) is 2.38. The third-order valence-electron chi connectivity index (χ3n) is 3.23. The van der Waals surface area contributed by atoms with E-state index in [0.29, 0.717) is 5.56 Å². The predicted octanol–water partition coefficient (Wildman–Crippen LogP) is 1.49. The lowest BCUT2D eigenvalue weighted by Gasteiger charge is -2.17. The van der Waals surface area contributed by atoms with Crippen molar-refractivity contribution in [1.82, 2.24) is 5.32 Å². The number of anilines is 1. The van der Waals surface area contributed by atoms with Crippen molar-refractivity contribution in [2.45, 2.75) is 19.3 Å². The molecular formula is C14H18N2O3. The minimum atomic E-state index is -0.912. The van der Waals surface area contributed by atoms with Gasteiger partial charge in [-0.3, -0.25) is 9.59 Å². The van der Waals surface area contributed by atoms with Crippen molar-refractivity contribution >= 4 is 17.6 Å². The van der Waals surface area contributed by atoms with Gasteiger partial charge in [-0.15, -0.1) is 0 Å². The highest BCUT2D eigenvalue weighted by molar-refractivity contribution is 5.94. The Morgan fingerprint density at radius 3 is 2.37 bits per heavy atom. The molecule has 2 N–H and O–H groups in total. The van der Waals surface area contributed by atoms with E-state index in [1.165, 1.54) is 12.8 Å². The van der Waals surface area contributed by atoms with Crippen LogP contribution in [0.1, 0.15) is 29.6 Å². The summed E-state index contributed by atoms with van der Waals surface area (Å²) >= 11 is 0. The average Bonchev–Trinajstić information content (AvgIpc) is 2.92. The Kier molecular flexibility index (Phi) is 4.39. The number of amides is 1. The zero-order valence-electron chi connectivity index (χ0n) is 10.8. The quantitative estimate of drug-likeness (QED) is 0.843. The fraction of sp³-hybridized carbons (Fsp3) is 0.429. The van der Waals surface area contributed by atoms with Crippen molar-refractivity contribution in [1.29, 1.82) is 0 Å². The van der Waals surface area contributed by atoms with E-state index in [2.05, 4.69) is 10.2 Å². The van der Waals surface area contributed by atoms with E-state index in [9.17, 15) is 9.59 Å². The van der Waals surface area contributed by atoms with Crippen LogP contribution in [0.5, 0.6) is 0 Å². The first kappa shape index (κ1) is 13.4. The number of benzene rings is 1. The van der Waals surface area contributed by atoms with E-state index in [0.717, 1.165) is 18.8 Å². The normalized spacial score (nSPS) is 14.4. The molecule has 1 aliphatic heterocycles. The van der Waals surface area contributed by atoms with Crippen molar-refractivity contribution in [3.05, 3.63) is 29.8 Å². The monoisotopic (exact) mass is 262 g/mol. The first-order valence-corrected chi connectivity index (χ1v) is 6.52. The SMILES string of the molecule is O=C(O)CCNC(=O)c1ccc(N2CCCC2)cc1. The highest BCUT2D eigenvalue weighted by Crippen LogP contribution is 2.20. The van der Waals surface area contributed by atoms with Gasteiger partial charge in [-0.05, 0) is 37.1 Å². The number of carboxylic acids is 1. The molecule has 1 aromatic rings. The van der Waals surface area contributed by atoms with E-state index in [1.54, 1.807) is 12.1 Å². The van der Waals surface area contributed by atoms with Crippen LogP contribution in [0.2, 0.25) is 0 Å². The van der Waals surface area contributed by atoms with Crippen LogP contribution in [0.25, 0.3) is 0 Å². The molecule has 102 valence electrons. The van der Waals surface area contributed by atoms with Crippen LogP contribution in [0.4, 0.5) is 5.69 Å². The molecule has 2 rings (SSSR count). The lowest BCUT2D eigenvalue weighted by atomic mass is 10.2. The van der Waals surface area contributed by atoms with E-state index in [-0.39, 0.29) is 18.9 Å². The molecule has 5 heteroatoms. The third kappa shape index (κ3) is 3.71. The molecule has 0 spiro atoms.